The molecule has 19 heavy (non-hydrogen) atoms. The Labute approximate surface area is 125 Å². The number of benzene rings is 1. The van der Waals surface area contributed by atoms with Gasteiger partial charge in [0.1, 0.15) is 0 Å². The van der Waals surface area contributed by atoms with Gasteiger partial charge in [0.15, 0.2) is 5.60 Å². The second-order valence-electron chi connectivity index (χ2n) is 5.50. The van der Waals surface area contributed by atoms with Crippen molar-refractivity contribution in [2.24, 2.45) is 0 Å². The summed E-state index contributed by atoms with van der Waals surface area (Å²) in [5.41, 5.74) is -2.04. The molecule has 0 aliphatic carbocycles. The van der Waals surface area contributed by atoms with Gasteiger partial charge in [-0.15, -0.1) is 0 Å². The van der Waals surface area contributed by atoms with E-state index < -0.39 is 11.8 Å². The lowest BCUT2D eigenvalue weighted by atomic mass is 9.81. The molecule has 0 saturated carbocycles. The lowest BCUT2D eigenvalue weighted by Crippen LogP contribution is -2.40. The molecule has 1 N–H and O–H groups in total. The molecule has 0 saturated heterocycles. The topological polar surface area (TPSA) is 20.2 Å². The monoisotopic (exact) mass is 386 g/mol. The molecule has 0 aliphatic rings. The first-order valence-electron chi connectivity index (χ1n) is 6.03. The van der Waals surface area contributed by atoms with Crippen molar-refractivity contribution < 1.29 is 18.3 Å². The fourth-order valence-electron chi connectivity index (χ4n) is 1.69. The summed E-state index contributed by atoms with van der Waals surface area (Å²) in [4.78, 5) is 0. The molecule has 0 amide bonds. The van der Waals surface area contributed by atoms with E-state index in [-0.39, 0.29) is 11.0 Å². The van der Waals surface area contributed by atoms with Gasteiger partial charge in [-0.3, -0.25) is 0 Å². The zero-order valence-electron chi connectivity index (χ0n) is 11.4. The Kier molecular flexibility index (Phi) is 4.62. The fourth-order valence-corrected chi connectivity index (χ4v) is 2.73. The van der Waals surface area contributed by atoms with Crippen LogP contribution < -0.4 is 0 Å². The summed E-state index contributed by atoms with van der Waals surface area (Å²) < 4.78 is 39.0. The number of hydrogen-bond donors (Lipinski definition) is 1. The van der Waals surface area contributed by atoms with E-state index in [1.807, 2.05) is 43.4 Å². The molecule has 0 radical (unpaired) electrons. The quantitative estimate of drug-likeness (QED) is 0.744. The van der Waals surface area contributed by atoms with Crippen LogP contribution in [0.4, 0.5) is 13.2 Å². The van der Waals surface area contributed by atoms with Gasteiger partial charge in [-0.2, -0.15) is 13.2 Å². The van der Waals surface area contributed by atoms with Crippen molar-refractivity contribution in [2.75, 3.05) is 0 Å². The molecule has 0 fully saturated rings. The molecular formula is C14H18F3IO. The van der Waals surface area contributed by atoms with Crippen molar-refractivity contribution in [1.82, 2.24) is 0 Å². The molecule has 0 aliphatic heterocycles. The van der Waals surface area contributed by atoms with Gasteiger partial charge in [0.05, 0.1) is 0 Å². The van der Waals surface area contributed by atoms with E-state index in [4.69, 9.17) is 0 Å². The Morgan fingerprint density at radius 2 is 1.68 bits per heavy atom. The average molecular weight is 386 g/mol. The summed E-state index contributed by atoms with van der Waals surface area (Å²) in [6.45, 7) is 6.90. The van der Waals surface area contributed by atoms with Crippen LogP contribution in [0, 0.1) is 3.57 Å². The van der Waals surface area contributed by atoms with Gasteiger partial charge < -0.3 is 5.11 Å². The second kappa shape index (κ2) is 5.24. The lowest BCUT2D eigenvalue weighted by Gasteiger charge is -2.30. The smallest absolute Gasteiger partial charge is 0.376 e. The van der Waals surface area contributed by atoms with Crippen molar-refractivity contribution >= 4 is 22.6 Å². The molecule has 0 aromatic heterocycles. The van der Waals surface area contributed by atoms with Gasteiger partial charge in [-0.05, 0) is 53.0 Å². The van der Waals surface area contributed by atoms with E-state index >= 15 is 0 Å². The number of alkyl halides is 3. The summed E-state index contributed by atoms with van der Waals surface area (Å²) in [6.07, 6.45) is -3.80. The highest BCUT2D eigenvalue weighted by Gasteiger charge is 2.52. The van der Waals surface area contributed by atoms with Crippen LogP contribution in [-0.2, 0) is 11.0 Å². The third-order valence-electron chi connectivity index (χ3n) is 3.71. The van der Waals surface area contributed by atoms with Crippen LogP contribution in [0.3, 0.4) is 0 Å². The molecule has 0 bridgehead atoms. The molecule has 1 aromatic carbocycles. The van der Waals surface area contributed by atoms with Crippen molar-refractivity contribution in [3.05, 3.63) is 32.9 Å². The number of halogens is 4. The van der Waals surface area contributed by atoms with Crippen molar-refractivity contribution in [2.45, 2.75) is 51.3 Å². The minimum atomic E-state index is -4.69. The largest absolute Gasteiger partial charge is 0.421 e. The van der Waals surface area contributed by atoms with Crippen LogP contribution >= 0.6 is 22.6 Å². The molecule has 1 nitrogen and oxygen atoms in total. The molecule has 1 aromatic rings. The first kappa shape index (κ1) is 16.8. The van der Waals surface area contributed by atoms with E-state index in [1.165, 1.54) is 6.07 Å². The summed E-state index contributed by atoms with van der Waals surface area (Å²) in [5.74, 6) is 0. The fraction of sp³-hybridized carbons (Fsp3) is 0.571. The number of rotatable bonds is 3. The van der Waals surface area contributed by atoms with Gasteiger partial charge in [0, 0.05) is 9.13 Å². The van der Waals surface area contributed by atoms with E-state index in [0.29, 0.717) is 3.57 Å². The highest BCUT2D eigenvalue weighted by atomic mass is 127. The zero-order chi connectivity index (χ0) is 15.1. The Morgan fingerprint density at radius 3 is 2.05 bits per heavy atom. The predicted molar refractivity (Wildman–Crippen MR) is 78.1 cm³/mol. The third-order valence-corrected chi connectivity index (χ3v) is 4.60. The Morgan fingerprint density at radius 1 is 1.16 bits per heavy atom. The Hall–Kier alpha value is -0.300. The van der Waals surface area contributed by atoms with Crippen LogP contribution in [0.15, 0.2) is 18.2 Å². The second-order valence-corrected chi connectivity index (χ2v) is 6.66. The van der Waals surface area contributed by atoms with Crippen molar-refractivity contribution in [3.63, 3.8) is 0 Å². The SMILES string of the molecule is CCC(C)(C)c1ccc(C(C)(O)C(F)(F)F)c(I)c1. The number of aliphatic hydroxyl groups is 1. The first-order valence-corrected chi connectivity index (χ1v) is 7.11. The van der Waals surface area contributed by atoms with Crippen molar-refractivity contribution in [1.29, 1.82) is 0 Å². The van der Waals surface area contributed by atoms with E-state index in [2.05, 4.69) is 0 Å². The maximum atomic E-state index is 12.8. The summed E-state index contributed by atoms with van der Waals surface area (Å²) in [7, 11) is 0. The van der Waals surface area contributed by atoms with Gasteiger partial charge in [-0.1, -0.05) is 32.9 Å². The van der Waals surface area contributed by atoms with Crippen LogP contribution in [0.2, 0.25) is 0 Å². The molecule has 0 heterocycles. The van der Waals surface area contributed by atoms with E-state index in [9.17, 15) is 18.3 Å². The van der Waals surface area contributed by atoms with Gasteiger partial charge >= 0.3 is 6.18 Å². The van der Waals surface area contributed by atoms with E-state index in [0.717, 1.165) is 18.9 Å². The highest BCUT2D eigenvalue weighted by Crippen LogP contribution is 2.41. The molecule has 1 atom stereocenters. The maximum Gasteiger partial charge on any atom is 0.421 e. The zero-order valence-corrected chi connectivity index (χ0v) is 13.6. The molecule has 1 rings (SSSR count). The van der Waals surface area contributed by atoms with E-state index in [1.54, 1.807) is 12.1 Å². The number of hydrogen-bond acceptors (Lipinski definition) is 1. The highest BCUT2D eigenvalue weighted by molar-refractivity contribution is 14.1. The maximum absolute atomic E-state index is 12.8. The van der Waals surface area contributed by atoms with Crippen LogP contribution in [0.1, 0.15) is 45.2 Å². The normalized spacial score (nSPS) is 16.3. The molecule has 5 heteroatoms. The molecule has 1 unspecified atom stereocenters. The summed E-state index contributed by atoms with van der Waals surface area (Å²) in [5, 5.41) is 9.72. The van der Waals surface area contributed by atoms with Crippen LogP contribution in [0.5, 0.6) is 0 Å². The predicted octanol–water partition coefficient (Wildman–Crippen LogP) is 4.75. The van der Waals surface area contributed by atoms with Crippen molar-refractivity contribution in [3.8, 4) is 0 Å². The van der Waals surface area contributed by atoms with Crippen LogP contribution in [0.25, 0.3) is 0 Å². The summed E-state index contributed by atoms with van der Waals surface area (Å²) >= 11 is 1.85. The summed E-state index contributed by atoms with van der Waals surface area (Å²) in [6, 6.07) is 4.77. The first-order chi connectivity index (χ1) is 8.43. The standard InChI is InChI=1S/C14H18F3IO/c1-5-12(2,3)9-6-7-10(11(18)8-9)13(4,19)14(15,16)17/h6-8,19H,5H2,1-4H3. The lowest BCUT2D eigenvalue weighted by molar-refractivity contribution is -0.259. The minimum absolute atomic E-state index is 0.0947. The van der Waals surface area contributed by atoms with Gasteiger partial charge in [0.2, 0.25) is 0 Å². The van der Waals surface area contributed by atoms with Crippen LogP contribution in [-0.4, -0.2) is 11.3 Å². The molecular weight excluding hydrogens is 368 g/mol. The third kappa shape index (κ3) is 3.24. The Balaban J connectivity index is 3.30. The average Bonchev–Trinajstić information content (AvgIpc) is 2.27. The molecule has 108 valence electrons. The van der Waals surface area contributed by atoms with Gasteiger partial charge in [0.25, 0.3) is 0 Å². The Bertz CT molecular complexity index is 464. The minimum Gasteiger partial charge on any atom is -0.376 e. The van der Waals surface area contributed by atoms with Gasteiger partial charge in [-0.25, -0.2) is 0 Å². The molecule has 0 spiro atoms.